The maximum absolute atomic E-state index is 12.1. The third-order valence-corrected chi connectivity index (χ3v) is 2.97. The van der Waals surface area contributed by atoms with Crippen LogP contribution in [0.2, 0.25) is 0 Å². The van der Waals surface area contributed by atoms with Crippen LogP contribution in [-0.2, 0) is 9.53 Å². The van der Waals surface area contributed by atoms with Crippen molar-refractivity contribution in [1.29, 1.82) is 0 Å². The normalized spacial score (nSPS) is 11.1. The first-order valence-corrected chi connectivity index (χ1v) is 7.33. The summed E-state index contributed by atoms with van der Waals surface area (Å²) in [5.41, 5.74) is 0.928. The van der Waals surface area contributed by atoms with E-state index in [4.69, 9.17) is 4.74 Å². The average Bonchev–Trinajstić information content (AvgIpc) is 2.45. The lowest BCUT2D eigenvalue weighted by molar-refractivity contribution is -0.117. The number of carbonyl (C=O) groups excluding carboxylic acids is 2. The highest BCUT2D eigenvalue weighted by molar-refractivity contribution is 5.95. The number of aromatic nitrogens is 1. The molecule has 0 aliphatic carbocycles. The molecule has 1 aromatic heterocycles. The summed E-state index contributed by atoms with van der Waals surface area (Å²) in [5, 5.41) is 3.70. The van der Waals surface area contributed by atoms with E-state index in [1.54, 1.807) is 33.0 Å². The van der Waals surface area contributed by atoms with Gasteiger partial charge in [-0.15, -0.1) is 0 Å². The maximum atomic E-state index is 12.1. The number of hydrogen-bond donors (Lipinski definition) is 1. The van der Waals surface area contributed by atoms with Crippen LogP contribution in [0.1, 0.15) is 20.8 Å². The Labute approximate surface area is 135 Å². The number of benzene rings is 1. The van der Waals surface area contributed by atoms with E-state index in [1.165, 1.54) is 11.9 Å². The summed E-state index contributed by atoms with van der Waals surface area (Å²) in [5.74, 6) is -0.290. The number of pyridine rings is 1. The number of fused-ring (bicyclic) bond motifs is 1. The molecule has 0 aliphatic heterocycles. The lowest BCUT2D eigenvalue weighted by atomic mass is 10.2. The zero-order valence-electron chi connectivity index (χ0n) is 13.8. The molecule has 0 fully saturated rings. The van der Waals surface area contributed by atoms with E-state index in [1.807, 2.05) is 24.3 Å². The summed E-state index contributed by atoms with van der Waals surface area (Å²) < 4.78 is 5.21. The second-order valence-electron chi connectivity index (χ2n) is 6.30. The molecule has 2 aromatic rings. The number of nitrogens with zero attached hydrogens (tertiary/aromatic N) is 2. The van der Waals surface area contributed by atoms with Gasteiger partial charge in [0, 0.05) is 24.3 Å². The van der Waals surface area contributed by atoms with Crippen LogP contribution in [0.5, 0.6) is 0 Å². The van der Waals surface area contributed by atoms with Crippen molar-refractivity contribution in [2.45, 2.75) is 26.4 Å². The number of nitrogens with one attached hydrogen (secondary N) is 1. The molecule has 0 saturated carbocycles. The molecule has 6 heteroatoms. The van der Waals surface area contributed by atoms with E-state index >= 15 is 0 Å². The SMILES string of the molecule is CN(CC(=O)Nc1ccc2ncccc2c1)C(=O)OC(C)(C)C. The van der Waals surface area contributed by atoms with E-state index in [2.05, 4.69) is 10.3 Å². The average molecular weight is 315 g/mol. The Morgan fingerprint density at radius 3 is 2.70 bits per heavy atom. The molecule has 0 spiro atoms. The van der Waals surface area contributed by atoms with E-state index in [0.29, 0.717) is 5.69 Å². The molecule has 1 aromatic carbocycles. The van der Waals surface area contributed by atoms with E-state index in [-0.39, 0.29) is 12.5 Å². The first-order chi connectivity index (χ1) is 10.7. The molecule has 1 heterocycles. The number of ether oxygens (including phenoxy) is 1. The van der Waals surface area contributed by atoms with Crippen LogP contribution in [-0.4, -0.2) is 41.1 Å². The fourth-order valence-corrected chi connectivity index (χ4v) is 1.97. The van der Waals surface area contributed by atoms with Crippen LogP contribution in [0.4, 0.5) is 10.5 Å². The summed E-state index contributed by atoms with van der Waals surface area (Å²) in [6, 6.07) is 9.21. The van der Waals surface area contributed by atoms with Gasteiger partial charge in [-0.2, -0.15) is 0 Å². The van der Waals surface area contributed by atoms with Crippen molar-refractivity contribution in [3.05, 3.63) is 36.5 Å². The van der Waals surface area contributed by atoms with Crippen LogP contribution in [0.3, 0.4) is 0 Å². The molecule has 6 nitrogen and oxygen atoms in total. The Kier molecular flexibility index (Phi) is 4.83. The van der Waals surface area contributed by atoms with Crippen molar-refractivity contribution >= 4 is 28.6 Å². The van der Waals surface area contributed by atoms with Crippen LogP contribution in [0.25, 0.3) is 10.9 Å². The van der Waals surface area contributed by atoms with Crippen LogP contribution < -0.4 is 5.32 Å². The van der Waals surface area contributed by atoms with Crippen LogP contribution in [0.15, 0.2) is 36.5 Å². The number of anilines is 1. The molecule has 0 atom stereocenters. The quantitative estimate of drug-likeness (QED) is 0.945. The monoisotopic (exact) mass is 315 g/mol. The molecule has 0 radical (unpaired) electrons. The van der Waals surface area contributed by atoms with Crippen molar-refractivity contribution in [2.24, 2.45) is 0 Å². The molecular weight excluding hydrogens is 294 g/mol. The van der Waals surface area contributed by atoms with Crippen molar-refractivity contribution in [1.82, 2.24) is 9.88 Å². The Hall–Kier alpha value is -2.63. The lowest BCUT2D eigenvalue weighted by Gasteiger charge is -2.24. The molecule has 0 unspecified atom stereocenters. The highest BCUT2D eigenvalue weighted by atomic mass is 16.6. The summed E-state index contributed by atoms with van der Waals surface area (Å²) >= 11 is 0. The van der Waals surface area contributed by atoms with Gasteiger partial charge in [0.05, 0.1) is 5.52 Å². The lowest BCUT2D eigenvalue weighted by Crippen LogP contribution is -2.38. The van der Waals surface area contributed by atoms with Gasteiger partial charge in [-0.3, -0.25) is 9.78 Å². The van der Waals surface area contributed by atoms with Gasteiger partial charge in [-0.1, -0.05) is 6.07 Å². The standard InChI is InChI=1S/C17H21N3O3/c1-17(2,3)23-16(22)20(4)11-15(21)19-13-7-8-14-12(10-13)6-5-9-18-14/h5-10H,11H2,1-4H3,(H,19,21). The number of carbonyl (C=O) groups is 2. The molecule has 0 saturated heterocycles. The molecular formula is C17H21N3O3. The number of likely N-dealkylation sites (N-methyl/N-ethyl adjacent to an activating group) is 1. The molecule has 1 N–H and O–H groups in total. The van der Waals surface area contributed by atoms with Gasteiger partial charge < -0.3 is 15.0 Å². The van der Waals surface area contributed by atoms with Crippen molar-refractivity contribution < 1.29 is 14.3 Å². The predicted octanol–water partition coefficient (Wildman–Crippen LogP) is 3.04. The highest BCUT2D eigenvalue weighted by Crippen LogP contribution is 2.17. The van der Waals surface area contributed by atoms with Crippen LogP contribution in [0, 0.1) is 0 Å². The summed E-state index contributed by atoms with van der Waals surface area (Å²) in [6.45, 7) is 5.26. The van der Waals surface area contributed by atoms with Crippen molar-refractivity contribution in [3.63, 3.8) is 0 Å². The van der Waals surface area contributed by atoms with Crippen LogP contribution >= 0.6 is 0 Å². The topological polar surface area (TPSA) is 71.5 Å². The summed E-state index contributed by atoms with van der Waals surface area (Å²) in [6.07, 6.45) is 1.19. The predicted molar refractivity (Wildman–Crippen MR) is 89.2 cm³/mol. The Morgan fingerprint density at radius 2 is 2.00 bits per heavy atom. The summed E-state index contributed by atoms with van der Waals surface area (Å²) in [4.78, 5) is 29.4. The largest absolute Gasteiger partial charge is 0.444 e. The second-order valence-corrected chi connectivity index (χ2v) is 6.30. The zero-order valence-corrected chi connectivity index (χ0v) is 13.8. The first kappa shape index (κ1) is 16.7. The summed E-state index contributed by atoms with van der Waals surface area (Å²) in [7, 11) is 1.53. The second kappa shape index (κ2) is 6.64. The van der Waals surface area contributed by atoms with Gasteiger partial charge in [0.15, 0.2) is 0 Å². The van der Waals surface area contributed by atoms with Gasteiger partial charge in [0.2, 0.25) is 5.91 Å². The van der Waals surface area contributed by atoms with E-state index < -0.39 is 11.7 Å². The van der Waals surface area contributed by atoms with E-state index in [0.717, 1.165) is 10.9 Å². The molecule has 2 rings (SSSR count). The highest BCUT2D eigenvalue weighted by Gasteiger charge is 2.21. The van der Waals surface area contributed by atoms with Crippen molar-refractivity contribution in [3.8, 4) is 0 Å². The first-order valence-electron chi connectivity index (χ1n) is 7.33. The fourth-order valence-electron chi connectivity index (χ4n) is 1.97. The zero-order chi connectivity index (χ0) is 17.0. The third kappa shape index (κ3) is 4.95. The minimum absolute atomic E-state index is 0.0833. The molecule has 0 bridgehead atoms. The van der Waals surface area contributed by atoms with Gasteiger partial charge in [-0.05, 0) is 45.0 Å². The smallest absolute Gasteiger partial charge is 0.410 e. The Balaban J connectivity index is 1.96. The van der Waals surface area contributed by atoms with Gasteiger partial charge in [0.1, 0.15) is 12.1 Å². The minimum atomic E-state index is -0.590. The molecule has 0 aliphatic rings. The third-order valence-electron chi connectivity index (χ3n) is 2.97. The van der Waals surface area contributed by atoms with Crippen molar-refractivity contribution in [2.75, 3.05) is 18.9 Å². The number of rotatable bonds is 3. The molecule has 23 heavy (non-hydrogen) atoms. The minimum Gasteiger partial charge on any atom is -0.444 e. The van der Waals surface area contributed by atoms with Gasteiger partial charge >= 0.3 is 6.09 Å². The van der Waals surface area contributed by atoms with Gasteiger partial charge in [-0.25, -0.2) is 4.79 Å². The van der Waals surface area contributed by atoms with E-state index in [9.17, 15) is 9.59 Å². The number of hydrogen-bond acceptors (Lipinski definition) is 4. The Bertz CT molecular complexity index is 722. The maximum Gasteiger partial charge on any atom is 0.410 e. The fraction of sp³-hybridized carbons (Fsp3) is 0.353. The number of amides is 2. The Morgan fingerprint density at radius 1 is 1.26 bits per heavy atom. The molecule has 2 amide bonds. The van der Waals surface area contributed by atoms with Gasteiger partial charge in [0.25, 0.3) is 0 Å². The molecule has 122 valence electrons.